The molecule has 0 radical (unpaired) electrons. The highest BCUT2D eigenvalue weighted by Gasteiger charge is 2.28. The van der Waals surface area contributed by atoms with Gasteiger partial charge >= 0.3 is 0 Å². The van der Waals surface area contributed by atoms with Crippen molar-refractivity contribution in [2.24, 2.45) is 0 Å². The van der Waals surface area contributed by atoms with Crippen LogP contribution in [0.15, 0.2) is 18.2 Å². The summed E-state index contributed by atoms with van der Waals surface area (Å²) < 4.78 is 6.16. The van der Waals surface area contributed by atoms with E-state index >= 15 is 0 Å². The van der Waals surface area contributed by atoms with Crippen molar-refractivity contribution in [1.29, 1.82) is 5.26 Å². The number of carbonyl (C=O) groups is 1. The minimum atomic E-state index is -0.896. The van der Waals surface area contributed by atoms with Gasteiger partial charge < -0.3 is 4.74 Å². The number of nitriles is 1. The molecule has 0 saturated heterocycles. The number of hydrogen-bond acceptors (Lipinski definition) is 5. The van der Waals surface area contributed by atoms with Crippen molar-refractivity contribution in [1.82, 2.24) is 4.98 Å². The van der Waals surface area contributed by atoms with Crippen molar-refractivity contribution in [3.05, 3.63) is 28.2 Å². The Morgan fingerprint density at radius 3 is 3.00 bits per heavy atom. The first-order valence-electron chi connectivity index (χ1n) is 6.17. The van der Waals surface area contributed by atoms with Gasteiger partial charge in [0.25, 0.3) is 0 Å². The van der Waals surface area contributed by atoms with E-state index in [1.54, 1.807) is 19.1 Å². The summed E-state index contributed by atoms with van der Waals surface area (Å²) in [5, 5.41) is 10.3. The predicted molar refractivity (Wildman–Crippen MR) is 79.1 cm³/mol. The standard InChI is InChI=1S/C14H13ClN2O2S/c1-3-19-8(2)13(18)10(7-16)14-17-11-6-9(15)4-5-12(11)20-14/h4-6,8,10H,3H2,1-2H3/t8-,10-/m0/s1. The lowest BCUT2D eigenvalue weighted by molar-refractivity contribution is -0.129. The highest BCUT2D eigenvalue weighted by atomic mass is 35.5. The van der Waals surface area contributed by atoms with Gasteiger partial charge in [-0.05, 0) is 32.0 Å². The maximum atomic E-state index is 12.2. The number of nitrogens with zero attached hydrogens (tertiary/aromatic N) is 2. The van der Waals surface area contributed by atoms with E-state index in [1.807, 2.05) is 19.1 Å². The summed E-state index contributed by atoms with van der Waals surface area (Å²) in [6.45, 7) is 3.89. The van der Waals surface area contributed by atoms with Crippen molar-refractivity contribution in [2.75, 3.05) is 6.61 Å². The molecule has 1 heterocycles. The molecule has 1 aromatic heterocycles. The SMILES string of the molecule is CCO[C@@H](C)C(=O)[C@H](C#N)c1nc2cc(Cl)ccc2s1. The monoisotopic (exact) mass is 308 g/mol. The van der Waals surface area contributed by atoms with Crippen molar-refractivity contribution in [2.45, 2.75) is 25.9 Å². The molecule has 1 aromatic carbocycles. The third-order valence-corrected chi connectivity index (χ3v) is 4.18. The number of halogens is 1. The fourth-order valence-corrected chi connectivity index (χ4v) is 3.02. The molecule has 0 fully saturated rings. The van der Waals surface area contributed by atoms with Gasteiger partial charge in [0.05, 0.1) is 16.3 Å². The largest absolute Gasteiger partial charge is 0.371 e. The highest BCUT2D eigenvalue weighted by molar-refractivity contribution is 7.18. The Bertz CT molecular complexity index is 677. The van der Waals surface area contributed by atoms with Crippen LogP contribution in [0.4, 0.5) is 0 Å². The van der Waals surface area contributed by atoms with E-state index in [2.05, 4.69) is 4.98 Å². The molecule has 0 bridgehead atoms. The summed E-state index contributed by atoms with van der Waals surface area (Å²) in [5.41, 5.74) is 0.703. The minimum absolute atomic E-state index is 0.264. The number of ether oxygens (including phenoxy) is 1. The molecule has 4 nitrogen and oxygen atoms in total. The van der Waals surface area contributed by atoms with Crippen LogP contribution in [0.25, 0.3) is 10.2 Å². The van der Waals surface area contributed by atoms with Crippen LogP contribution >= 0.6 is 22.9 Å². The number of benzene rings is 1. The topological polar surface area (TPSA) is 63.0 Å². The molecule has 0 aliphatic heterocycles. The van der Waals surface area contributed by atoms with Gasteiger partial charge in [-0.15, -0.1) is 11.3 Å². The molecule has 0 saturated carbocycles. The van der Waals surface area contributed by atoms with Gasteiger partial charge in [0.2, 0.25) is 0 Å². The summed E-state index contributed by atoms with van der Waals surface area (Å²) in [4.78, 5) is 16.5. The second-order valence-electron chi connectivity index (χ2n) is 4.23. The summed E-state index contributed by atoms with van der Waals surface area (Å²) in [6, 6.07) is 7.34. The number of thiazole rings is 1. The molecule has 0 aliphatic rings. The first kappa shape index (κ1) is 14.9. The number of aromatic nitrogens is 1. The molecule has 0 amide bonds. The zero-order valence-corrected chi connectivity index (χ0v) is 12.7. The summed E-state index contributed by atoms with van der Waals surface area (Å²) in [7, 11) is 0. The van der Waals surface area contributed by atoms with Crippen molar-refractivity contribution in [3.63, 3.8) is 0 Å². The van der Waals surface area contributed by atoms with Crippen LogP contribution in [0.2, 0.25) is 5.02 Å². The van der Waals surface area contributed by atoms with Crippen molar-refractivity contribution >= 4 is 38.9 Å². The Labute approximate surface area is 125 Å². The van der Waals surface area contributed by atoms with Gasteiger partial charge in [-0.25, -0.2) is 4.98 Å². The first-order chi connectivity index (χ1) is 9.56. The Hall–Kier alpha value is -1.48. The molecular weight excluding hydrogens is 296 g/mol. The summed E-state index contributed by atoms with van der Waals surface area (Å²) in [5.74, 6) is -1.16. The lowest BCUT2D eigenvalue weighted by Gasteiger charge is -2.12. The van der Waals surface area contributed by atoms with Crippen LogP contribution in [0.5, 0.6) is 0 Å². The lowest BCUT2D eigenvalue weighted by atomic mass is 10.0. The number of Topliss-reactive ketones (excluding diaryl/α,β-unsaturated/α-hetero) is 1. The van der Waals surface area contributed by atoms with Gasteiger partial charge in [-0.1, -0.05) is 11.6 Å². The average molecular weight is 309 g/mol. The third-order valence-electron chi connectivity index (χ3n) is 2.84. The zero-order chi connectivity index (χ0) is 14.7. The van der Waals surface area contributed by atoms with Crippen LogP contribution in [-0.2, 0) is 9.53 Å². The molecule has 0 unspecified atom stereocenters. The molecule has 6 heteroatoms. The predicted octanol–water partition coefficient (Wildman–Crippen LogP) is 3.55. The van der Waals surface area contributed by atoms with Crippen LogP contribution in [0, 0.1) is 11.3 Å². The van der Waals surface area contributed by atoms with E-state index in [9.17, 15) is 10.1 Å². The number of hydrogen-bond donors (Lipinski definition) is 0. The van der Waals surface area contributed by atoms with E-state index in [1.165, 1.54) is 11.3 Å². The summed E-state index contributed by atoms with van der Waals surface area (Å²) in [6.07, 6.45) is -0.611. The van der Waals surface area contributed by atoms with Crippen molar-refractivity contribution < 1.29 is 9.53 Å². The van der Waals surface area contributed by atoms with E-state index in [0.717, 1.165) is 4.70 Å². The van der Waals surface area contributed by atoms with Gasteiger partial charge in [0.15, 0.2) is 11.7 Å². The minimum Gasteiger partial charge on any atom is -0.371 e. The van der Waals surface area contributed by atoms with Crippen LogP contribution in [-0.4, -0.2) is 23.5 Å². The Morgan fingerprint density at radius 2 is 2.35 bits per heavy atom. The Morgan fingerprint density at radius 1 is 1.60 bits per heavy atom. The zero-order valence-electron chi connectivity index (χ0n) is 11.1. The van der Waals surface area contributed by atoms with E-state index in [4.69, 9.17) is 16.3 Å². The molecular formula is C14H13ClN2O2S. The van der Waals surface area contributed by atoms with Crippen molar-refractivity contribution in [3.8, 4) is 6.07 Å². The Kier molecular flexibility index (Phi) is 4.71. The van der Waals surface area contributed by atoms with Crippen LogP contribution in [0.1, 0.15) is 24.8 Å². The van der Waals surface area contributed by atoms with Gasteiger partial charge in [-0.2, -0.15) is 5.26 Å². The molecule has 0 N–H and O–H groups in total. The van der Waals surface area contributed by atoms with Crippen LogP contribution in [0.3, 0.4) is 0 Å². The normalized spacial score (nSPS) is 13.9. The maximum Gasteiger partial charge on any atom is 0.185 e. The quantitative estimate of drug-likeness (QED) is 0.847. The number of carbonyl (C=O) groups excluding carboxylic acids is 1. The van der Waals surface area contributed by atoms with Gasteiger partial charge in [-0.3, -0.25) is 4.79 Å². The van der Waals surface area contributed by atoms with Gasteiger partial charge in [0, 0.05) is 11.6 Å². The lowest BCUT2D eigenvalue weighted by Crippen LogP contribution is -2.26. The maximum absolute atomic E-state index is 12.2. The van der Waals surface area contributed by atoms with Gasteiger partial charge in [0.1, 0.15) is 11.1 Å². The molecule has 20 heavy (non-hydrogen) atoms. The number of rotatable bonds is 5. The molecule has 2 rings (SSSR count). The highest BCUT2D eigenvalue weighted by Crippen LogP contribution is 2.30. The second-order valence-corrected chi connectivity index (χ2v) is 5.72. The number of ketones is 1. The molecule has 2 aromatic rings. The second kappa shape index (κ2) is 6.31. The van der Waals surface area contributed by atoms with E-state index < -0.39 is 12.0 Å². The van der Waals surface area contributed by atoms with E-state index in [-0.39, 0.29) is 5.78 Å². The molecule has 2 atom stereocenters. The number of fused-ring (bicyclic) bond motifs is 1. The average Bonchev–Trinajstić information content (AvgIpc) is 2.82. The van der Waals surface area contributed by atoms with Crippen LogP contribution < -0.4 is 0 Å². The fourth-order valence-electron chi connectivity index (χ4n) is 1.85. The fraction of sp³-hybridized carbons (Fsp3) is 0.357. The molecule has 0 spiro atoms. The molecule has 104 valence electrons. The molecule has 0 aliphatic carbocycles. The Balaban J connectivity index is 2.35. The smallest absolute Gasteiger partial charge is 0.185 e. The first-order valence-corrected chi connectivity index (χ1v) is 7.37. The van der Waals surface area contributed by atoms with E-state index in [0.29, 0.717) is 22.2 Å². The summed E-state index contributed by atoms with van der Waals surface area (Å²) >= 11 is 7.24. The third kappa shape index (κ3) is 2.98.